The highest BCUT2D eigenvalue weighted by atomic mass is 19.1. The summed E-state index contributed by atoms with van der Waals surface area (Å²) < 4.78 is 16.5. The average molecular weight is 366 g/mol. The third kappa shape index (κ3) is 2.95. The predicted octanol–water partition coefficient (Wildman–Crippen LogP) is 3.47. The van der Waals surface area contributed by atoms with Crippen molar-refractivity contribution in [3.63, 3.8) is 0 Å². The number of benzene rings is 1. The Kier molecular flexibility index (Phi) is 4.22. The topological polar surface area (TPSA) is 59.7 Å². The fourth-order valence-corrected chi connectivity index (χ4v) is 4.48. The van der Waals surface area contributed by atoms with Crippen molar-refractivity contribution >= 4 is 16.7 Å². The van der Waals surface area contributed by atoms with Crippen molar-refractivity contribution in [2.24, 2.45) is 0 Å². The highest BCUT2D eigenvalue weighted by molar-refractivity contribution is 5.89. The highest BCUT2D eigenvalue weighted by Crippen LogP contribution is 2.32. The summed E-state index contributed by atoms with van der Waals surface area (Å²) in [4.78, 5) is 10.9. The molecule has 1 saturated heterocycles. The van der Waals surface area contributed by atoms with E-state index in [0.717, 1.165) is 61.7 Å². The summed E-state index contributed by atoms with van der Waals surface area (Å²) in [5, 5.41) is 9.81. The van der Waals surface area contributed by atoms with Gasteiger partial charge in [-0.1, -0.05) is 12.5 Å². The van der Waals surface area contributed by atoms with Crippen molar-refractivity contribution in [1.82, 2.24) is 24.7 Å². The number of nitrogens with zero attached hydrogens (tertiary/aromatic N) is 6. The van der Waals surface area contributed by atoms with Gasteiger partial charge >= 0.3 is 0 Å². The second-order valence-corrected chi connectivity index (χ2v) is 7.56. The molecular formula is C20H23FN6. The molecule has 1 aromatic carbocycles. The van der Waals surface area contributed by atoms with Gasteiger partial charge in [-0.3, -0.25) is 0 Å². The maximum atomic E-state index is 14.1. The van der Waals surface area contributed by atoms with E-state index < -0.39 is 0 Å². The van der Waals surface area contributed by atoms with Gasteiger partial charge in [0.2, 0.25) is 0 Å². The summed E-state index contributed by atoms with van der Waals surface area (Å²) in [6.45, 7) is 2.77. The SMILES string of the molecule is Fc1cccc2c(N3CCCC(c4nnc5n4CCCCC5)C3)ncnc12. The number of aryl methyl sites for hydroxylation is 1. The van der Waals surface area contributed by atoms with Gasteiger partial charge in [0.05, 0.1) is 0 Å². The molecule has 4 heterocycles. The van der Waals surface area contributed by atoms with Crippen molar-refractivity contribution < 1.29 is 4.39 Å². The Morgan fingerprint density at radius 2 is 1.96 bits per heavy atom. The molecule has 1 atom stereocenters. The zero-order chi connectivity index (χ0) is 18.2. The second kappa shape index (κ2) is 6.87. The Bertz CT molecular complexity index is 968. The molecule has 0 aliphatic carbocycles. The van der Waals surface area contributed by atoms with Crippen LogP contribution in [0.5, 0.6) is 0 Å². The van der Waals surface area contributed by atoms with Gasteiger partial charge < -0.3 is 9.47 Å². The average Bonchev–Trinajstić information content (AvgIpc) is 2.96. The summed E-state index contributed by atoms with van der Waals surface area (Å²) in [6.07, 6.45) is 8.32. The minimum atomic E-state index is -0.299. The van der Waals surface area contributed by atoms with E-state index in [4.69, 9.17) is 0 Å². The van der Waals surface area contributed by atoms with Gasteiger partial charge in [-0.2, -0.15) is 0 Å². The minimum absolute atomic E-state index is 0.299. The molecule has 0 bridgehead atoms. The van der Waals surface area contributed by atoms with E-state index in [1.807, 2.05) is 6.07 Å². The number of para-hydroxylation sites is 1. The molecule has 1 unspecified atom stereocenters. The van der Waals surface area contributed by atoms with Crippen LogP contribution in [0.3, 0.4) is 0 Å². The molecule has 0 amide bonds. The molecular weight excluding hydrogens is 343 g/mol. The molecule has 6 nitrogen and oxygen atoms in total. The number of rotatable bonds is 2. The third-order valence-corrected chi connectivity index (χ3v) is 5.82. The van der Waals surface area contributed by atoms with Crippen molar-refractivity contribution in [3.05, 3.63) is 42.0 Å². The lowest BCUT2D eigenvalue weighted by Crippen LogP contribution is -2.36. The van der Waals surface area contributed by atoms with E-state index >= 15 is 0 Å². The van der Waals surface area contributed by atoms with Crippen molar-refractivity contribution in [2.75, 3.05) is 18.0 Å². The smallest absolute Gasteiger partial charge is 0.149 e. The quantitative estimate of drug-likeness (QED) is 0.695. The molecule has 2 aliphatic heterocycles. The van der Waals surface area contributed by atoms with Crippen LogP contribution in [0.25, 0.3) is 10.9 Å². The van der Waals surface area contributed by atoms with E-state index in [0.29, 0.717) is 11.4 Å². The second-order valence-electron chi connectivity index (χ2n) is 7.56. The summed E-state index contributed by atoms with van der Waals surface area (Å²) >= 11 is 0. The van der Waals surface area contributed by atoms with Crippen LogP contribution in [0.4, 0.5) is 10.2 Å². The summed E-state index contributed by atoms with van der Waals surface area (Å²) in [5.41, 5.74) is 0.390. The number of fused-ring (bicyclic) bond motifs is 2. The molecule has 2 aromatic heterocycles. The lowest BCUT2D eigenvalue weighted by atomic mass is 9.96. The van der Waals surface area contributed by atoms with Crippen LogP contribution >= 0.6 is 0 Å². The number of hydrogen-bond donors (Lipinski definition) is 0. The van der Waals surface area contributed by atoms with E-state index in [1.165, 1.54) is 31.7 Å². The predicted molar refractivity (Wildman–Crippen MR) is 101 cm³/mol. The van der Waals surface area contributed by atoms with Gasteiger partial charge in [0.25, 0.3) is 0 Å². The lowest BCUT2D eigenvalue weighted by molar-refractivity contribution is 0.464. The Hall–Kier alpha value is -2.57. The van der Waals surface area contributed by atoms with Gasteiger partial charge in [-0.15, -0.1) is 10.2 Å². The molecule has 2 aliphatic rings. The number of anilines is 1. The van der Waals surface area contributed by atoms with Crippen LogP contribution in [0, 0.1) is 5.82 Å². The van der Waals surface area contributed by atoms with E-state index in [9.17, 15) is 4.39 Å². The molecule has 140 valence electrons. The van der Waals surface area contributed by atoms with E-state index in [1.54, 1.807) is 6.07 Å². The lowest BCUT2D eigenvalue weighted by Gasteiger charge is -2.33. The Labute approximate surface area is 157 Å². The van der Waals surface area contributed by atoms with Crippen LogP contribution < -0.4 is 4.90 Å². The first-order valence-electron chi connectivity index (χ1n) is 9.87. The molecule has 0 spiro atoms. The molecule has 0 radical (unpaired) electrons. The number of piperidine rings is 1. The summed E-state index contributed by atoms with van der Waals surface area (Å²) in [5.74, 6) is 3.10. The van der Waals surface area contributed by atoms with Gasteiger partial charge in [-0.25, -0.2) is 14.4 Å². The number of aromatic nitrogens is 5. The molecule has 0 N–H and O–H groups in total. The summed E-state index contributed by atoms with van der Waals surface area (Å²) in [7, 11) is 0. The molecule has 0 saturated carbocycles. The zero-order valence-electron chi connectivity index (χ0n) is 15.3. The fraction of sp³-hybridized carbons (Fsp3) is 0.500. The first kappa shape index (κ1) is 16.6. The minimum Gasteiger partial charge on any atom is -0.355 e. The largest absolute Gasteiger partial charge is 0.355 e. The zero-order valence-corrected chi connectivity index (χ0v) is 15.3. The number of halogens is 1. The fourth-order valence-electron chi connectivity index (χ4n) is 4.48. The van der Waals surface area contributed by atoms with Crippen LogP contribution in [0.15, 0.2) is 24.5 Å². The first-order valence-corrected chi connectivity index (χ1v) is 9.87. The van der Waals surface area contributed by atoms with Crippen molar-refractivity contribution in [2.45, 2.75) is 51.0 Å². The van der Waals surface area contributed by atoms with Crippen LogP contribution in [-0.4, -0.2) is 37.8 Å². The van der Waals surface area contributed by atoms with Crippen molar-refractivity contribution in [1.29, 1.82) is 0 Å². The Morgan fingerprint density at radius 3 is 2.93 bits per heavy atom. The maximum Gasteiger partial charge on any atom is 0.149 e. The van der Waals surface area contributed by atoms with Gasteiger partial charge in [-0.05, 0) is 37.8 Å². The number of hydrogen-bond acceptors (Lipinski definition) is 5. The molecule has 3 aromatic rings. The molecule has 1 fully saturated rings. The van der Waals surface area contributed by atoms with Gasteiger partial charge in [0, 0.05) is 37.4 Å². The molecule has 7 heteroatoms. The Morgan fingerprint density at radius 1 is 1.00 bits per heavy atom. The standard InChI is InChI=1S/C20H23FN6/c21-16-8-4-7-15-18(16)22-13-23-20(15)26-10-5-6-14(12-26)19-25-24-17-9-2-1-3-11-27(17)19/h4,7-8,13-14H,1-3,5-6,9-12H2. The van der Waals surface area contributed by atoms with Crippen LogP contribution in [-0.2, 0) is 13.0 Å². The molecule has 27 heavy (non-hydrogen) atoms. The maximum absolute atomic E-state index is 14.1. The molecule has 5 rings (SSSR count). The normalized spacial score (nSPS) is 20.5. The first-order chi connectivity index (χ1) is 13.3. The van der Waals surface area contributed by atoms with E-state index in [2.05, 4.69) is 29.6 Å². The van der Waals surface area contributed by atoms with Crippen molar-refractivity contribution in [3.8, 4) is 0 Å². The Balaban J connectivity index is 1.47. The highest BCUT2D eigenvalue weighted by Gasteiger charge is 2.28. The van der Waals surface area contributed by atoms with Gasteiger partial charge in [0.15, 0.2) is 0 Å². The third-order valence-electron chi connectivity index (χ3n) is 5.82. The monoisotopic (exact) mass is 366 g/mol. The van der Waals surface area contributed by atoms with Crippen LogP contribution in [0.1, 0.15) is 49.7 Å². The van der Waals surface area contributed by atoms with Crippen LogP contribution in [0.2, 0.25) is 0 Å². The van der Waals surface area contributed by atoms with E-state index in [-0.39, 0.29) is 5.82 Å². The van der Waals surface area contributed by atoms with Gasteiger partial charge in [0.1, 0.15) is 35.1 Å². The summed E-state index contributed by atoms with van der Waals surface area (Å²) in [6, 6.07) is 5.08.